The van der Waals surface area contributed by atoms with Crippen molar-refractivity contribution in [3.05, 3.63) is 76.9 Å². The zero-order valence-electron chi connectivity index (χ0n) is 17.7. The minimum absolute atomic E-state index is 0.0345. The van der Waals surface area contributed by atoms with Gasteiger partial charge in [-0.25, -0.2) is 0 Å². The quantitative estimate of drug-likeness (QED) is 0.399. The Bertz CT molecular complexity index is 1500. The third-order valence-electron chi connectivity index (χ3n) is 5.19. The van der Waals surface area contributed by atoms with Crippen LogP contribution in [0, 0.1) is 6.92 Å². The van der Waals surface area contributed by atoms with E-state index in [9.17, 15) is 4.79 Å². The Hall–Kier alpha value is -2.33. The van der Waals surface area contributed by atoms with Crippen molar-refractivity contribution in [1.82, 2.24) is 9.72 Å². The van der Waals surface area contributed by atoms with Gasteiger partial charge in [-0.15, -0.1) is 11.3 Å². The SMILES string of the molecule is CCn1c(=O)/c(=C2\Sc3cc(Cl)ccc3N2C)s/c1=C\c1scc[n+]1Cc1cc(C)on1. The highest BCUT2D eigenvalue weighted by Crippen LogP contribution is 2.46. The van der Waals surface area contributed by atoms with Gasteiger partial charge in [-0.3, -0.25) is 9.36 Å². The zero-order chi connectivity index (χ0) is 22.4. The summed E-state index contributed by atoms with van der Waals surface area (Å²) in [6.45, 7) is 5.11. The normalized spacial score (nSPS) is 15.6. The lowest BCUT2D eigenvalue weighted by molar-refractivity contribution is -0.685. The van der Waals surface area contributed by atoms with Crippen LogP contribution in [0.3, 0.4) is 0 Å². The van der Waals surface area contributed by atoms with E-state index in [1.165, 1.54) is 11.3 Å². The summed E-state index contributed by atoms with van der Waals surface area (Å²) in [6, 6.07) is 7.76. The van der Waals surface area contributed by atoms with Gasteiger partial charge in [0.25, 0.3) is 10.6 Å². The van der Waals surface area contributed by atoms with Gasteiger partial charge in [0.15, 0.2) is 12.7 Å². The number of fused-ring (bicyclic) bond motifs is 1. The molecular weight excluding hydrogens is 484 g/mol. The van der Waals surface area contributed by atoms with E-state index in [1.807, 2.05) is 61.3 Å². The molecular formula is C22H20ClN4O2S3+. The first-order valence-corrected chi connectivity index (χ1v) is 12.9. The Morgan fingerprint density at radius 2 is 2.16 bits per heavy atom. The number of hydrogen-bond acceptors (Lipinski definition) is 7. The van der Waals surface area contributed by atoms with Crippen molar-refractivity contribution in [2.45, 2.75) is 31.8 Å². The zero-order valence-corrected chi connectivity index (χ0v) is 20.9. The molecule has 164 valence electrons. The highest BCUT2D eigenvalue weighted by molar-refractivity contribution is 8.08. The monoisotopic (exact) mass is 503 g/mol. The summed E-state index contributed by atoms with van der Waals surface area (Å²) in [6.07, 6.45) is 4.11. The Kier molecular flexibility index (Phi) is 5.75. The van der Waals surface area contributed by atoms with E-state index in [4.69, 9.17) is 16.1 Å². The molecule has 1 aliphatic rings. The molecule has 32 heavy (non-hydrogen) atoms. The standard InChI is InChI=1S/C22H20ClN4O2S3/c1-4-27-19(11-18-26(7-8-30-18)12-15-9-13(2)29-24-15)32-20(21(27)28)22-25(3)16-6-5-14(23)10-17(16)31-22/h5-11H,4,12H2,1-3H3/q+1/b22-20+. The number of thioether (sulfide) groups is 1. The van der Waals surface area contributed by atoms with Crippen molar-refractivity contribution >= 4 is 62.8 Å². The number of anilines is 1. The molecule has 0 fully saturated rings. The second kappa shape index (κ2) is 8.55. The predicted octanol–water partition coefficient (Wildman–Crippen LogP) is 3.41. The number of aryl methyl sites for hydroxylation is 1. The van der Waals surface area contributed by atoms with Gasteiger partial charge in [0.2, 0.25) is 0 Å². The second-order valence-corrected chi connectivity index (χ2v) is 10.8. The van der Waals surface area contributed by atoms with Crippen molar-refractivity contribution < 1.29 is 9.09 Å². The van der Waals surface area contributed by atoms with Crippen LogP contribution in [0.2, 0.25) is 5.02 Å². The van der Waals surface area contributed by atoms with Crippen LogP contribution in [0.4, 0.5) is 5.69 Å². The van der Waals surface area contributed by atoms with Crippen LogP contribution < -0.4 is 24.2 Å². The molecule has 0 radical (unpaired) electrons. The molecule has 1 aliphatic heterocycles. The lowest BCUT2D eigenvalue weighted by Gasteiger charge is -2.12. The fourth-order valence-corrected chi connectivity index (χ4v) is 7.22. The lowest BCUT2D eigenvalue weighted by Crippen LogP contribution is -2.36. The number of thiazole rings is 2. The maximum Gasteiger partial charge on any atom is 0.271 e. The molecule has 0 spiro atoms. The Balaban J connectivity index is 1.61. The first-order valence-electron chi connectivity index (χ1n) is 10.0. The van der Waals surface area contributed by atoms with Crippen molar-refractivity contribution in [3.63, 3.8) is 0 Å². The van der Waals surface area contributed by atoms with E-state index in [2.05, 4.69) is 20.7 Å². The van der Waals surface area contributed by atoms with Crippen molar-refractivity contribution in [1.29, 1.82) is 0 Å². The number of benzene rings is 1. The Morgan fingerprint density at radius 1 is 1.31 bits per heavy atom. The Morgan fingerprint density at radius 3 is 2.91 bits per heavy atom. The number of halogens is 1. The molecule has 6 nitrogen and oxygen atoms in total. The third-order valence-corrected chi connectivity index (χ3v) is 8.74. The molecule has 0 atom stereocenters. The summed E-state index contributed by atoms with van der Waals surface area (Å²) in [7, 11) is 1.99. The van der Waals surface area contributed by atoms with Gasteiger partial charge in [0.1, 0.15) is 25.7 Å². The molecule has 4 aromatic rings. The highest BCUT2D eigenvalue weighted by Gasteiger charge is 2.25. The van der Waals surface area contributed by atoms with Crippen molar-refractivity contribution in [2.75, 3.05) is 11.9 Å². The molecule has 3 aromatic heterocycles. The molecule has 0 aliphatic carbocycles. The molecule has 0 amide bonds. The van der Waals surface area contributed by atoms with Gasteiger partial charge in [0.05, 0.1) is 17.1 Å². The summed E-state index contributed by atoms with van der Waals surface area (Å²) < 4.78 is 10.8. The minimum atomic E-state index is 0.0345. The van der Waals surface area contributed by atoms with Crippen LogP contribution in [0.25, 0.3) is 11.1 Å². The predicted molar refractivity (Wildman–Crippen MR) is 131 cm³/mol. The average molecular weight is 504 g/mol. The first-order chi connectivity index (χ1) is 15.4. The topological polar surface area (TPSA) is 55.2 Å². The molecule has 10 heteroatoms. The van der Waals surface area contributed by atoms with Crippen molar-refractivity contribution in [2.24, 2.45) is 0 Å². The molecule has 0 bridgehead atoms. The van der Waals surface area contributed by atoms with Gasteiger partial charge in [-0.2, -0.15) is 4.57 Å². The summed E-state index contributed by atoms with van der Waals surface area (Å²) in [5.74, 6) is 0.793. The average Bonchev–Trinajstić information content (AvgIpc) is 3.51. The third kappa shape index (κ3) is 3.83. The van der Waals surface area contributed by atoms with Crippen LogP contribution >= 0.6 is 46.0 Å². The van der Waals surface area contributed by atoms with E-state index in [-0.39, 0.29) is 5.56 Å². The van der Waals surface area contributed by atoms with Crippen LogP contribution in [-0.4, -0.2) is 16.8 Å². The van der Waals surface area contributed by atoms with Gasteiger partial charge in [-0.1, -0.05) is 39.9 Å². The van der Waals surface area contributed by atoms with Crippen molar-refractivity contribution in [3.8, 4) is 0 Å². The molecule has 1 aromatic carbocycles. The summed E-state index contributed by atoms with van der Waals surface area (Å²) in [5, 5.41) is 8.82. The van der Waals surface area contributed by atoms with Crippen LogP contribution in [-0.2, 0) is 13.1 Å². The van der Waals surface area contributed by atoms with Gasteiger partial charge >= 0.3 is 0 Å². The van der Waals surface area contributed by atoms with E-state index in [0.717, 1.165) is 41.3 Å². The maximum absolute atomic E-state index is 13.3. The molecule has 0 saturated heterocycles. The molecule has 0 N–H and O–H groups in total. The lowest BCUT2D eigenvalue weighted by atomic mass is 10.3. The summed E-state index contributed by atoms with van der Waals surface area (Å²) in [4.78, 5) is 16.5. The van der Waals surface area contributed by atoms with Gasteiger partial charge < -0.3 is 9.42 Å². The largest absolute Gasteiger partial charge is 0.361 e. The number of nitrogens with zero attached hydrogens (tertiary/aromatic N) is 4. The smallest absolute Gasteiger partial charge is 0.271 e. The van der Waals surface area contributed by atoms with Crippen LogP contribution in [0.1, 0.15) is 23.4 Å². The fraction of sp³-hybridized carbons (Fsp3) is 0.227. The van der Waals surface area contributed by atoms with Gasteiger partial charge in [-0.05, 0) is 32.0 Å². The first kappa shape index (κ1) is 21.5. The minimum Gasteiger partial charge on any atom is -0.361 e. The van der Waals surface area contributed by atoms with E-state index in [0.29, 0.717) is 18.1 Å². The highest BCUT2D eigenvalue weighted by atomic mass is 35.5. The summed E-state index contributed by atoms with van der Waals surface area (Å²) in [5.41, 5.74) is 1.97. The second-order valence-electron chi connectivity index (χ2n) is 7.34. The van der Waals surface area contributed by atoms with Gasteiger partial charge in [0, 0.05) is 29.6 Å². The number of rotatable bonds is 4. The maximum atomic E-state index is 13.3. The molecule has 4 heterocycles. The fourth-order valence-electron chi connectivity index (χ4n) is 3.63. The van der Waals surface area contributed by atoms with E-state index >= 15 is 0 Å². The number of hydrogen-bond donors (Lipinski definition) is 0. The Labute approximate surface area is 201 Å². The summed E-state index contributed by atoms with van der Waals surface area (Å²) >= 11 is 10.9. The van der Waals surface area contributed by atoms with Crippen LogP contribution in [0.15, 0.2) is 50.1 Å². The number of aromatic nitrogens is 3. The molecule has 0 unspecified atom stereocenters. The van der Waals surface area contributed by atoms with Crippen LogP contribution in [0.5, 0.6) is 0 Å². The van der Waals surface area contributed by atoms with E-state index < -0.39 is 0 Å². The van der Waals surface area contributed by atoms with E-state index in [1.54, 1.807) is 23.1 Å². The molecule has 0 saturated carbocycles. The molecule has 5 rings (SSSR count).